The van der Waals surface area contributed by atoms with Crippen molar-refractivity contribution in [2.24, 2.45) is 0 Å². The van der Waals surface area contributed by atoms with Crippen LogP contribution in [0.1, 0.15) is 31.2 Å². The summed E-state index contributed by atoms with van der Waals surface area (Å²) in [7, 11) is 0. The van der Waals surface area contributed by atoms with Gasteiger partial charge in [0.2, 0.25) is 5.91 Å². The third-order valence-corrected chi connectivity index (χ3v) is 5.27. The summed E-state index contributed by atoms with van der Waals surface area (Å²) in [5.74, 6) is -1.41. The predicted molar refractivity (Wildman–Crippen MR) is 101 cm³/mol. The lowest BCUT2D eigenvalue weighted by Crippen LogP contribution is -2.46. The Morgan fingerprint density at radius 3 is 2.75 bits per heavy atom. The molecule has 1 aromatic rings. The molecular formula is C20H25FN4O3. The number of nitriles is 1. The lowest BCUT2D eigenvalue weighted by atomic mass is 9.95. The summed E-state index contributed by atoms with van der Waals surface area (Å²) in [4.78, 5) is 27.4. The Morgan fingerprint density at radius 1 is 1.36 bits per heavy atom. The molecule has 8 heteroatoms. The minimum absolute atomic E-state index is 0.178. The number of cyclic esters (lactones) is 1. The maximum Gasteiger partial charge on any atom is 0.313 e. The number of rotatable bonds is 6. The van der Waals surface area contributed by atoms with Crippen molar-refractivity contribution in [3.05, 3.63) is 29.6 Å². The molecule has 2 saturated heterocycles. The van der Waals surface area contributed by atoms with Crippen molar-refractivity contribution in [2.45, 2.75) is 31.8 Å². The number of ether oxygens (including phenoxy) is 1. The number of benzene rings is 1. The zero-order valence-corrected chi connectivity index (χ0v) is 16.0. The summed E-state index contributed by atoms with van der Waals surface area (Å²) < 4.78 is 20.1. The molecule has 1 amide bonds. The number of hydrogen-bond acceptors (Lipinski definition) is 6. The van der Waals surface area contributed by atoms with Gasteiger partial charge < -0.3 is 15.0 Å². The topological polar surface area (TPSA) is 85.7 Å². The molecule has 0 saturated carbocycles. The molecule has 0 bridgehead atoms. The number of amides is 1. The Kier molecular flexibility index (Phi) is 6.47. The average Bonchev–Trinajstić information content (AvgIpc) is 3.06. The molecule has 1 aromatic carbocycles. The fourth-order valence-electron chi connectivity index (χ4n) is 3.73. The van der Waals surface area contributed by atoms with Crippen molar-refractivity contribution in [2.75, 3.05) is 44.2 Å². The number of esters is 1. The quantitative estimate of drug-likeness (QED) is 0.742. The maximum absolute atomic E-state index is 14.8. The van der Waals surface area contributed by atoms with Gasteiger partial charge in [0.25, 0.3) is 0 Å². The zero-order valence-electron chi connectivity index (χ0n) is 16.0. The predicted octanol–water partition coefficient (Wildman–Crippen LogP) is 1.40. The number of piperazine rings is 1. The Balaban J connectivity index is 1.61. The number of carbonyl (C=O) groups excluding carboxylic acids is 2. The second-order valence-corrected chi connectivity index (χ2v) is 7.23. The Hall–Kier alpha value is -2.66. The summed E-state index contributed by atoms with van der Waals surface area (Å²) in [6.45, 7) is 5.42. The van der Waals surface area contributed by atoms with Gasteiger partial charge in [-0.15, -0.1) is 0 Å². The van der Waals surface area contributed by atoms with Crippen molar-refractivity contribution in [3.8, 4) is 6.07 Å². The van der Waals surface area contributed by atoms with E-state index < -0.39 is 5.92 Å². The van der Waals surface area contributed by atoms with Crippen LogP contribution in [0.4, 0.5) is 10.1 Å². The molecule has 2 aliphatic rings. The first-order valence-corrected chi connectivity index (χ1v) is 9.56. The van der Waals surface area contributed by atoms with Crippen LogP contribution in [0, 0.1) is 17.1 Å². The van der Waals surface area contributed by atoms with Gasteiger partial charge >= 0.3 is 5.97 Å². The van der Waals surface area contributed by atoms with Gasteiger partial charge in [0.05, 0.1) is 24.2 Å². The highest BCUT2D eigenvalue weighted by atomic mass is 19.1. The Bertz CT molecular complexity index is 771. The van der Waals surface area contributed by atoms with Gasteiger partial charge in [-0.1, -0.05) is 6.07 Å². The number of nitrogens with zero attached hydrogens (tertiary/aromatic N) is 3. The second kappa shape index (κ2) is 9.02. The molecule has 1 unspecified atom stereocenters. The van der Waals surface area contributed by atoms with E-state index in [2.05, 4.69) is 16.3 Å². The smallest absolute Gasteiger partial charge is 0.313 e. The van der Waals surface area contributed by atoms with E-state index in [0.717, 1.165) is 19.6 Å². The highest BCUT2D eigenvalue weighted by Crippen LogP contribution is 2.33. The lowest BCUT2D eigenvalue weighted by molar-refractivity contribution is -0.142. The summed E-state index contributed by atoms with van der Waals surface area (Å²) in [6, 6.07) is 7.08. The lowest BCUT2D eigenvalue weighted by Gasteiger charge is -2.36. The molecule has 2 aliphatic heterocycles. The highest BCUT2D eigenvalue weighted by Gasteiger charge is 2.36. The fraction of sp³-hybridized carbons (Fsp3) is 0.550. The van der Waals surface area contributed by atoms with E-state index in [-0.39, 0.29) is 30.3 Å². The van der Waals surface area contributed by atoms with E-state index >= 15 is 0 Å². The van der Waals surface area contributed by atoms with Crippen molar-refractivity contribution in [3.63, 3.8) is 0 Å². The van der Waals surface area contributed by atoms with Crippen LogP contribution < -0.4 is 10.2 Å². The van der Waals surface area contributed by atoms with E-state index in [4.69, 9.17) is 10.00 Å². The summed E-state index contributed by atoms with van der Waals surface area (Å²) in [5.41, 5.74) is 1.13. The fourth-order valence-corrected chi connectivity index (χ4v) is 3.73. The molecule has 1 N–H and O–H groups in total. The number of anilines is 1. The molecule has 2 fully saturated rings. The van der Waals surface area contributed by atoms with Crippen molar-refractivity contribution in [1.82, 2.24) is 10.2 Å². The molecule has 28 heavy (non-hydrogen) atoms. The van der Waals surface area contributed by atoms with Crippen LogP contribution in [0.3, 0.4) is 0 Å². The zero-order chi connectivity index (χ0) is 20.1. The molecule has 0 spiro atoms. The first-order chi connectivity index (χ1) is 13.5. The molecule has 2 atom stereocenters. The van der Waals surface area contributed by atoms with Gasteiger partial charge in [-0.05, 0) is 17.7 Å². The van der Waals surface area contributed by atoms with Crippen molar-refractivity contribution < 1.29 is 18.7 Å². The van der Waals surface area contributed by atoms with E-state index in [1.54, 1.807) is 12.1 Å². The summed E-state index contributed by atoms with van der Waals surface area (Å²) >= 11 is 0. The highest BCUT2D eigenvalue weighted by molar-refractivity contribution is 5.80. The standard InChI is InChI=1S/C20H25FN4O3/c1-14(26)23-13-16-12-17(20(27)28-16)15-3-4-19(18(21)11-15)25-9-7-24(8-10-25)6-2-5-22/h3-4,11,16-17H,2,6-10,12-13H2,1H3,(H,23,26)/t16-,17?/m1/s1. The molecule has 0 aliphatic carbocycles. The molecule has 2 heterocycles. The molecule has 0 aromatic heterocycles. The van der Waals surface area contributed by atoms with Gasteiger partial charge in [0, 0.05) is 52.5 Å². The molecule has 150 valence electrons. The van der Waals surface area contributed by atoms with Crippen LogP contribution in [-0.2, 0) is 14.3 Å². The second-order valence-electron chi connectivity index (χ2n) is 7.23. The Labute approximate surface area is 164 Å². The monoisotopic (exact) mass is 388 g/mol. The molecule has 3 rings (SSSR count). The minimum atomic E-state index is -0.509. The number of halogens is 1. The third-order valence-electron chi connectivity index (χ3n) is 5.27. The van der Waals surface area contributed by atoms with Gasteiger partial charge in [0.15, 0.2) is 0 Å². The van der Waals surface area contributed by atoms with Crippen LogP contribution in [0.25, 0.3) is 0 Å². The number of carbonyl (C=O) groups is 2. The van der Waals surface area contributed by atoms with Gasteiger partial charge in [-0.2, -0.15) is 5.26 Å². The maximum atomic E-state index is 14.8. The van der Waals surface area contributed by atoms with E-state index in [1.807, 2.05) is 4.90 Å². The summed E-state index contributed by atoms with van der Waals surface area (Å²) in [5, 5.41) is 11.3. The summed E-state index contributed by atoms with van der Waals surface area (Å²) in [6.07, 6.45) is 0.546. The number of nitrogens with one attached hydrogen (secondary N) is 1. The van der Waals surface area contributed by atoms with E-state index in [0.29, 0.717) is 37.2 Å². The van der Waals surface area contributed by atoms with Gasteiger partial charge in [-0.3, -0.25) is 14.5 Å². The van der Waals surface area contributed by atoms with E-state index in [1.165, 1.54) is 13.0 Å². The minimum Gasteiger partial charge on any atom is -0.460 e. The Morgan fingerprint density at radius 2 is 2.11 bits per heavy atom. The molecule has 0 radical (unpaired) electrons. The van der Waals surface area contributed by atoms with Gasteiger partial charge in [-0.25, -0.2) is 4.39 Å². The molecular weight excluding hydrogens is 363 g/mol. The molecule has 7 nitrogen and oxygen atoms in total. The van der Waals surface area contributed by atoms with Crippen molar-refractivity contribution in [1.29, 1.82) is 5.26 Å². The first-order valence-electron chi connectivity index (χ1n) is 9.56. The van der Waals surface area contributed by atoms with Crippen LogP contribution >= 0.6 is 0 Å². The largest absolute Gasteiger partial charge is 0.460 e. The first kappa shape index (κ1) is 20.1. The normalized spacial score (nSPS) is 22.6. The van der Waals surface area contributed by atoms with Crippen molar-refractivity contribution >= 4 is 17.6 Å². The SMILES string of the molecule is CC(=O)NC[C@H]1CC(c2ccc(N3CCN(CCC#N)CC3)c(F)c2)C(=O)O1. The third kappa shape index (κ3) is 4.78. The van der Waals surface area contributed by atoms with Crippen LogP contribution in [0.15, 0.2) is 18.2 Å². The van der Waals surface area contributed by atoms with Crippen LogP contribution in [-0.4, -0.2) is 62.1 Å². The van der Waals surface area contributed by atoms with Crippen LogP contribution in [0.2, 0.25) is 0 Å². The van der Waals surface area contributed by atoms with Crippen LogP contribution in [0.5, 0.6) is 0 Å². The van der Waals surface area contributed by atoms with Gasteiger partial charge in [0.1, 0.15) is 11.9 Å². The number of hydrogen-bond donors (Lipinski definition) is 1. The average molecular weight is 388 g/mol. The van der Waals surface area contributed by atoms with E-state index in [9.17, 15) is 14.0 Å².